The number of rotatable bonds is 5. The molecule has 0 aromatic carbocycles. The van der Waals surface area contributed by atoms with Gasteiger partial charge in [0.25, 0.3) is 0 Å². The van der Waals surface area contributed by atoms with E-state index < -0.39 is 0 Å². The standard InChI is InChI=1S/C12H23N/c1-5-13(6-2)11-9-7-8-10-12(3)4/h12H,5-6,8,10-11H2,1-4H3. The van der Waals surface area contributed by atoms with Gasteiger partial charge < -0.3 is 0 Å². The predicted octanol–water partition coefficient (Wildman–Crippen LogP) is 2.77. The molecule has 76 valence electrons. The smallest absolute Gasteiger partial charge is 0.0601 e. The van der Waals surface area contributed by atoms with Crippen molar-refractivity contribution in [2.24, 2.45) is 5.92 Å². The molecule has 0 N–H and O–H groups in total. The molecule has 0 fully saturated rings. The molecule has 0 unspecified atom stereocenters. The second-order valence-corrected chi connectivity index (χ2v) is 3.75. The Morgan fingerprint density at radius 2 is 1.69 bits per heavy atom. The van der Waals surface area contributed by atoms with Crippen LogP contribution in [0.25, 0.3) is 0 Å². The molecule has 1 nitrogen and oxygen atoms in total. The van der Waals surface area contributed by atoms with E-state index in [1.807, 2.05) is 0 Å². The monoisotopic (exact) mass is 181 g/mol. The van der Waals surface area contributed by atoms with Gasteiger partial charge in [0, 0.05) is 6.42 Å². The van der Waals surface area contributed by atoms with Crippen molar-refractivity contribution in [1.29, 1.82) is 0 Å². The van der Waals surface area contributed by atoms with Crippen LogP contribution in [-0.2, 0) is 0 Å². The largest absolute Gasteiger partial charge is 0.293 e. The van der Waals surface area contributed by atoms with Gasteiger partial charge in [0.1, 0.15) is 0 Å². The molecule has 0 amide bonds. The van der Waals surface area contributed by atoms with Crippen LogP contribution in [-0.4, -0.2) is 24.5 Å². The van der Waals surface area contributed by atoms with Crippen molar-refractivity contribution >= 4 is 0 Å². The van der Waals surface area contributed by atoms with Crippen molar-refractivity contribution in [3.8, 4) is 11.8 Å². The highest BCUT2D eigenvalue weighted by atomic mass is 15.1. The third-order valence-electron chi connectivity index (χ3n) is 2.17. The Balaban J connectivity index is 3.48. The van der Waals surface area contributed by atoms with Crippen LogP contribution in [0.15, 0.2) is 0 Å². The zero-order valence-corrected chi connectivity index (χ0v) is 9.56. The van der Waals surface area contributed by atoms with Gasteiger partial charge in [-0.1, -0.05) is 33.6 Å². The van der Waals surface area contributed by atoms with Crippen LogP contribution in [0.5, 0.6) is 0 Å². The highest BCUT2D eigenvalue weighted by Crippen LogP contribution is 2.01. The van der Waals surface area contributed by atoms with E-state index in [1.54, 1.807) is 0 Å². The van der Waals surface area contributed by atoms with Crippen molar-refractivity contribution in [2.45, 2.75) is 40.5 Å². The van der Waals surface area contributed by atoms with E-state index >= 15 is 0 Å². The predicted molar refractivity (Wildman–Crippen MR) is 59.6 cm³/mol. The van der Waals surface area contributed by atoms with E-state index in [2.05, 4.69) is 44.4 Å². The second-order valence-electron chi connectivity index (χ2n) is 3.75. The van der Waals surface area contributed by atoms with Crippen LogP contribution in [0.4, 0.5) is 0 Å². The van der Waals surface area contributed by atoms with Crippen molar-refractivity contribution in [3.63, 3.8) is 0 Å². The van der Waals surface area contributed by atoms with Crippen LogP contribution in [0.3, 0.4) is 0 Å². The van der Waals surface area contributed by atoms with Crippen molar-refractivity contribution in [1.82, 2.24) is 4.90 Å². The molecule has 0 atom stereocenters. The molecule has 0 aromatic rings. The fraction of sp³-hybridized carbons (Fsp3) is 0.833. The molecule has 0 aliphatic rings. The summed E-state index contributed by atoms with van der Waals surface area (Å²) >= 11 is 0. The van der Waals surface area contributed by atoms with Gasteiger partial charge in [0.2, 0.25) is 0 Å². The lowest BCUT2D eigenvalue weighted by Crippen LogP contribution is -2.22. The minimum atomic E-state index is 0.780. The van der Waals surface area contributed by atoms with Crippen LogP contribution in [0.2, 0.25) is 0 Å². The summed E-state index contributed by atoms with van der Waals surface area (Å²) in [6.07, 6.45) is 2.28. The van der Waals surface area contributed by atoms with Gasteiger partial charge in [0.05, 0.1) is 6.54 Å². The molecule has 0 aromatic heterocycles. The van der Waals surface area contributed by atoms with Gasteiger partial charge in [-0.15, -0.1) is 5.92 Å². The SMILES string of the molecule is CCN(CC)CC#CCCC(C)C. The van der Waals surface area contributed by atoms with Gasteiger partial charge in [-0.2, -0.15) is 0 Å². The molecular formula is C12H23N. The molecule has 0 spiro atoms. The maximum Gasteiger partial charge on any atom is 0.0601 e. The topological polar surface area (TPSA) is 3.24 Å². The summed E-state index contributed by atoms with van der Waals surface area (Å²) in [7, 11) is 0. The molecule has 0 saturated heterocycles. The minimum absolute atomic E-state index is 0.780. The maximum atomic E-state index is 3.22. The number of hydrogen-bond donors (Lipinski definition) is 0. The lowest BCUT2D eigenvalue weighted by Gasteiger charge is -2.13. The average molecular weight is 181 g/mol. The van der Waals surface area contributed by atoms with Gasteiger partial charge in [-0.05, 0) is 25.4 Å². The van der Waals surface area contributed by atoms with Crippen LogP contribution < -0.4 is 0 Å². The van der Waals surface area contributed by atoms with Gasteiger partial charge >= 0.3 is 0 Å². The first-order valence-electron chi connectivity index (χ1n) is 5.38. The highest BCUT2D eigenvalue weighted by molar-refractivity contribution is 5.01. The lowest BCUT2D eigenvalue weighted by atomic mass is 10.1. The quantitative estimate of drug-likeness (QED) is 0.589. The number of hydrogen-bond acceptors (Lipinski definition) is 1. The van der Waals surface area contributed by atoms with Gasteiger partial charge in [-0.25, -0.2) is 0 Å². The first-order valence-corrected chi connectivity index (χ1v) is 5.38. The molecule has 0 radical (unpaired) electrons. The molecule has 0 saturated carbocycles. The molecule has 0 bridgehead atoms. The second kappa shape index (κ2) is 8.13. The molecule has 1 heteroatoms. The summed E-state index contributed by atoms with van der Waals surface area (Å²) in [5.41, 5.74) is 0. The Bertz CT molecular complexity index is 158. The Hall–Kier alpha value is -0.480. The van der Waals surface area contributed by atoms with E-state index in [0.717, 1.165) is 32.0 Å². The van der Waals surface area contributed by atoms with E-state index in [4.69, 9.17) is 0 Å². The Morgan fingerprint density at radius 3 is 2.15 bits per heavy atom. The molecule has 0 aliphatic heterocycles. The van der Waals surface area contributed by atoms with Gasteiger partial charge in [0.15, 0.2) is 0 Å². The summed E-state index contributed by atoms with van der Waals surface area (Å²) in [4.78, 5) is 2.34. The molecular weight excluding hydrogens is 158 g/mol. The van der Waals surface area contributed by atoms with Crippen molar-refractivity contribution < 1.29 is 0 Å². The Morgan fingerprint density at radius 1 is 1.08 bits per heavy atom. The van der Waals surface area contributed by atoms with Crippen LogP contribution in [0.1, 0.15) is 40.5 Å². The minimum Gasteiger partial charge on any atom is -0.293 e. The van der Waals surface area contributed by atoms with Crippen molar-refractivity contribution in [2.75, 3.05) is 19.6 Å². The fourth-order valence-electron chi connectivity index (χ4n) is 1.06. The van der Waals surface area contributed by atoms with Crippen molar-refractivity contribution in [3.05, 3.63) is 0 Å². The van der Waals surface area contributed by atoms with E-state index in [-0.39, 0.29) is 0 Å². The maximum absolute atomic E-state index is 3.22. The summed E-state index contributed by atoms with van der Waals surface area (Å²) < 4.78 is 0. The zero-order chi connectivity index (χ0) is 10.1. The van der Waals surface area contributed by atoms with Crippen LogP contribution >= 0.6 is 0 Å². The fourth-order valence-corrected chi connectivity index (χ4v) is 1.06. The molecule has 0 rings (SSSR count). The molecule has 13 heavy (non-hydrogen) atoms. The van der Waals surface area contributed by atoms with E-state index in [1.165, 1.54) is 6.42 Å². The normalized spacial score (nSPS) is 10.3. The highest BCUT2D eigenvalue weighted by Gasteiger charge is 1.93. The molecule has 0 aliphatic carbocycles. The average Bonchev–Trinajstić information content (AvgIpc) is 2.11. The van der Waals surface area contributed by atoms with Crippen LogP contribution in [0, 0.1) is 17.8 Å². The third-order valence-corrected chi connectivity index (χ3v) is 2.17. The first-order chi connectivity index (χ1) is 6.20. The summed E-state index contributed by atoms with van der Waals surface area (Å²) in [5, 5.41) is 0. The summed E-state index contributed by atoms with van der Waals surface area (Å²) in [5.74, 6) is 7.22. The summed E-state index contributed by atoms with van der Waals surface area (Å²) in [6, 6.07) is 0. The molecule has 0 heterocycles. The lowest BCUT2D eigenvalue weighted by molar-refractivity contribution is 0.342. The van der Waals surface area contributed by atoms with Gasteiger partial charge in [-0.3, -0.25) is 4.90 Å². The first kappa shape index (κ1) is 12.5. The third kappa shape index (κ3) is 7.87. The van der Waals surface area contributed by atoms with E-state index in [9.17, 15) is 0 Å². The number of nitrogens with zero attached hydrogens (tertiary/aromatic N) is 1. The Labute approximate surface area is 83.5 Å². The Kier molecular flexibility index (Phi) is 7.83. The summed E-state index contributed by atoms with van der Waals surface area (Å²) in [6.45, 7) is 12.0. The zero-order valence-electron chi connectivity index (χ0n) is 9.56. The van der Waals surface area contributed by atoms with E-state index in [0.29, 0.717) is 0 Å².